The zero-order valence-electron chi connectivity index (χ0n) is 19.3. The van der Waals surface area contributed by atoms with Gasteiger partial charge in [-0.15, -0.1) is 10.2 Å². The average molecular weight is 532 g/mol. The molecule has 1 aromatic carbocycles. The van der Waals surface area contributed by atoms with Gasteiger partial charge in [-0.2, -0.15) is 5.10 Å². The molecule has 0 amide bonds. The fourth-order valence-corrected chi connectivity index (χ4v) is 4.03. The van der Waals surface area contributed by atoms with Gasteiger partial charge in [0.25, 0.3) is 0 Å². The number of hydrogen-bond acceptors (Lipinski definition) is 9. The number of nitrogens with two attached hydrogens (primary N) is 1. The number of ether oxygens (including phenoxy) is 3. The summed E-state index contributed by atoms with van der Waals surface area (Å²) in [6, 6.07) is 9.52. The van der Waals surface area contributed by atoms with Crippen LogP contribution >= 0.6 is 16.1 Å². The Hall–Kier alpha value is -2.57. The first-order chi connectivity index (χ1) is 16.6. The first-order valence-electron chi connectivity index (χ1n) is 11.2. The summed E-state index contributed by atoms with van der Waals surface area (Å²) >= 11 is 3.53. The van der Waals surface area contributed by atoms with Gasteiger partial charge in [0.05, 0.1) is 31.6 Å². The molecule has 0 bridgehead atoms. The second kappa shape index (κ2) is 12.2. The fraction of sp³-hybridized carbons (Fsp3) is 0.435. The summed E-state index contributed by atoms with van der Waals surface area (Å²) in [6.07, 6.45) is 3.73. The van der Waals surface area contributed by atoms with E-state index in [0.29, 0.717) is 37.0 Å². The lowest BCUT2D eigenvalue weighted by Gasteiger charge is -2.30. The zero-order valence-corrected chi connectivity index (χ0v) is 20.9. The molecule has 182 valence electrons. The van der Waals surface area contributed by atoms with Gasteiger partial charge < -0.3 is 19.9 Å². The third-order valence-electron chi connectivity index (χ3n) is 5.60. The standard InChI is InChI=1S/C23H30BrN7O3/c1-32-17-34-22-5-3-2-4-19(22)21-14-20(23(25)28-27-21)18-15-26-31(16-18)11-13-33-12-10-29-6-8-30(24)9-7-29/h2-5,14-16H,6-13,17H2,1H3,(H2,25,28). The molecule has 10 nitrogen and oxygen atoms in total. The summed E-state index contributed by atoms with van der Waals surface area (Å²) in [6.45, 7) is 7.26. The molecule has 3 aromatic rings. The van der Waals surface area contributed by atoms with Gasteiger partial charge in [-0.25, -0.2) is 3.93 Å². The van der Waals surface area contributed by atoms with Crippen LogP contribution in [-0.4, -0.2) is 88.6 Å². The fourth-order valence-electron chi connectivity index (χ4n) is 3.72. The number of methoxy groups -OCH3 is 1. The third-order valence-corrected chi connectivity index (χ3v) is 6.31. The Balaban J connectivity index is 1.35. The van der Waals surface area contributed by atoms with E-state index >= 15 is 0 Å². The highest BCUT2D eigenvalue weighted by molar-refractivity contribution is 9.07. The lowest BCUT2D eigenvalue weighted by atomic mass is 10.1. The predicted octanol–water partition coefficient (Wildman–Crippen LogP) is 2.52. The minimum absolute atomic E-state index is 0.147. The SMILES string of the molecule is COCOc1ccccc1-c1cc(-c2cnn(CCOCCN3CCN(Br)CC3)c2)c(N)nn1. The van der Waals surface area contributed by atoms with E-state index in [4.69, 9.17) is 19.9 Å². The summed E-state index contributed by atoms with van der Waals surface area (Å²) < 4.78 is 20.6. The smallest absolute Gasteiger partial charge is 0.188 e. The molecule has 1 aliphatic heterocycles. The van der Waals surface area contributed by atoms with Gasteiger partial charge in [0.1, 0.15) is 5.75 Å². The van der Waals surface area contributed by atoms with E-state index in [0.717, 1.165) is 49.4 Å². The van der Waals surface area contributed by atoms with Crippen molar-refractivity contribution in [1.29, 1.82) is 0 Å². The van der Waals surface area contributed by atoms with Gasteiger partial charge in [-0.05, 0) is 18.2 Å². The Bertz CT molecular complexity index is 1060. The van der Waals surface area contributed by atoms with Crippen LogP contribution in [-0.2, 0) is 16.0 Å². The van der Waals surface area contributed by atoms with E-state index < -0.39 is 0 Å². The topological polar surface area (TPSA) is 104 Å². The summed E-state index contributed by atoms with van der Waals surface area (Å²) in [4.78, 5) is 2.42. The van der Waals surface area contributed by atoms with Crippen LogP contribution in [0.25, 0.3) is 22.4 Å². The molecular formula is C23H30BrN7O3. The monoisotopic (exact) mass is 531 g/mol. The Morgan fingerprint density at radius 2 is 1.82 bits per heavy atom. The average Bonchev–Trinajstić information content (AvgIpc) is 3.33. The van der Waals surface area contributed by atoms with Gasteiger partial charge in [-0.3, -0.25) is 9.58 Å². The molecule has 0 aliphatic carbocycles. The number of para-hydroxylation sites is 1. The first-order valence-corrected chi connectivity index (χ1v) is 11.9. The lowest BCUT2D eigenvalue weighted by molar-refractivity contribution is 0.0515. The normalized spacial score (nSPS) is 15.0. The van der Waals surface area contributed by atoms with Crippen molar-refractivity contribution >= 4 is 22.0 Å². The molecule has 0 radical (unpaired) electrons. The Labute approximate surface area is 207 Å². The first kappa shape index (κ1) is 24.6. The maximum Gasteiger partial charge on any atom is 0.188 e. The predicted molar refractivity (Wildman–Crippen MR) is 133 cm³/mol. The highest BCUT2D eigenvalue weighted by Gasteiger charge is 2.15. The Morgan fingerprint density at radius 3 is 2.65 bits per heavy atom. The number of anilines is 1. The summed E-state index contributed by atoms with van der Waals surface area (Å²) in [7, 11) is 1.58. The summed E-state index contributed by atoms with van der Waals surface area (Å²) in [5, 5.41) is 12.9. The number of rotatable bonds is 11. The number of piperazine rings is 1. The van der Waals surface area contributed by atoms with Crippen LogP contribution in [0.5, 0.6) is 5.75 Å². The van der Waals surface area contributed by atoms with Crippen LogP contribution in [0.3, 0.4) is 0 Å². The largest absolute Gasteiger partial charge is 0.467 e. The van der Waals surface area contributed by atoms with Gasteiger partial charge >= 0.3 is 0 Å². The van der Waals surface area contributed by atoms with E-state index in [1.807, 2.05) is 41.2 Å². The van der Waals surface area contributed by atoms with E-state index in [2.05, 4.69) is 40.3 Å². The molecule has 1 saturated heterocycles. The molecule has 2 N–H and O–H groups in total. The van der Waals surface area contributed by atoms with E-state index in [1.165, 1.54) is 0 Å². The van der Waals surface area contributed by atoms with Crippen molar-refractivity contribution in [1.82, 2.24) is 28.8 Å². The van der Waals surface area contributed by atoms with Crippen molar-refractivity contribution in [2.45, 2.75) is 6.54 Å². The van der Waals surface area contributed by atoms with Crippen molar-refractivity contribution in [3.8, 4) is 28.1 Å². The van der Waals surface area contributed by atoms with Crippen molar-refractivity contribution in [3.63, 3.8) is 0 Å². The van der Waals surface area contributed by atoms with Crippen LogP contribution in [0.2, 0.25) is 0 Å². The molecule has 0 atom stereocenters. The van der Waals surface area contributed by atoms with Crippen LogP contribution < -0.4 is 10.5 Å². The highest BCUT2D eigenvalue weighted by atomic mass is 79.9. The number of nitrogen functional groups attached to an aromatic ring is 1. The summed E-state index contributed by atoms with van der Waals surface area (Å²) in [5.74, 6) is 1.01. The molecule has 1 aliphatic rings. The molecule has 2 aromatic heterocycles. The Morgan fingerprint density at radius 1 is 1.03 bits per heavy atom. The second-order valence-corrected chi connectivity index (χ2v) is 8.93. The van der Waals surface area contributed by atoms with Gasteiger partial charge in [0.15, 0.2) is 12.6 Å². The second-order valence-electron chi connectivity index (χ2n) is 7.93. The molecule has 34 heavy (non-hydrogen) atoms. The molecule has 1 fully saturated rings. The number of benzene rings is 1. The molecule has 4 rings (SSSR count). The molecule has 3 heterocycles. The van der Waals surface area contributed by atoms with Crippen molar-refractivity contribution in [2.75, 3.05) is 65.6 Å². The van der Waals surface area contributed by atoms with Crippen molar-refractivity contribution in [2.24, 2.45) is 0 Å². The van der Waals surface area contributed by atoms with Gasteiger partial charge in [0.2, 0.25) is 0 Å². The minimum Gasteiger partial charge on any atom is -0.467 e. The van der Waals surface area contributed by atoms with Gasteiger partial charge in [-0.1, -0.05) is 12.1 Å². The van der Waals surface area contributed by atoms with E-state index in [9.17, 15) is 0 Å². The molecular weight excluding hydrogens is 502 g/mol. The third kappa shape index (κ3) is 6.51. The molecule has 0 spiro atoms. The van der Waals surface area contributed by atoms with Crippen LogP contribution in [0.15, 0.2) is 42.7 Å². The quantitative estimate of drug-likeness (QED) is 0.227. The number of aromatic nitrogens is 4. The maximum absolute atomic E-state index is 6.15. The van der Waals surface area contributed by atoms with Crippen LogP contribution in [0.1, 0.15) is 0 Å². The van der Waals surface area contributed by atoms with Crippen molar-refractivity contribution in [3.05, 3.63) is 42.7 Å². The lowest BCUT2D eigenvalue weighted by Crippen LogP contribution is -2.43. The number of nitrogens with zero attached hydrogens (tertiary/aromatic N) is 6. The van der Waals surface area contributed by atoms with Crippen LogP contribution in [0, 0.1) is 0 Å². The Kier molecular flexibility index (Phi) is 8.83. The van der Waals surface area contributed by atoms with E-state index in [1.54, 1.807) is 13.3 Å². The number of halogens is 1. The maximum atomic E-state index is 6.15. The highest BCUT2D eigenvalue weighted by Crippen LogP contribution is 2.32. The molecule has 11 heteroatoms. The summed E-state index contributed by atoms with van der Waals surface area (Å²) in [5.41, 5.74) is 9.26. The molecule has 0 saturated carbocycles. The number of hydrogen-bond donors (Lipinski definition) is 1. The van der Waals surface area contributed by atoms with Crippen molar-refractivity contribution < 1.29 is 14.2 Å². The van der Waals surface area contributed by atoms with Crippen LogP contribution in [0.4, 0.5) is 5.82 Å². The minimum atomic E-state index is 0.147. The zero-order chi connectivity index (χ0) is 23.8. The van der Waals surface area contributed by atoms with Gasteiger partial charge in [0, 0.05) is 78.9 Å². The molecule has 0 unspecified atom stereocenters. The van der Waals surface area contributed by atoms with E-state index in [-0.39, 0.29) is 6.79 Å².